The molecule has 0 fully saturated rings. The second-order valence-electron chi connectivity index (χ2n) is 3.02. The minimum atomic E-state index is 0.805. The van der Waals surface area contributed by atoms with Crippen LogP contribution in [0.2, 0.25) is 0 Å². The van der Waals surface area contributed by atoms with Crippen molar-refractivity contribution >= 4 is 11.8 Å². The molecule has 0 aromatic heterocycles. The smallest absolute Gasteiger partial charge is 0.00132 e. The van der Waals surface area contributed by atoms with Gasteiger partial charge in [0.15, 0.2) is 0 Å². The van der Waals surface area contributed by atoms with Gasteiger partial charge in [0.25, 0.3) is 0 Å². The number of hydrogen-bond donors (Lipinski definition) is 1. The summed E-state index contributed by atoms with van der Waals surface area (Å²) in [5, 5.41) is 3.22. The van der Waals surface area contributed by atoms with Crippen molar-refractivity contribution in [3.8, 4) is 0 Å². The van der Waals surface area contributed by atoms with E-state index in [1.54, 1.807) is 0 Å². The lowest BCUT2D eigenvalue weighted by Crippen LogP contribution is -2.24. The summed E-state index contributed by atoms with van der Waals surface area (Å²) in [4.78, 5) is 0. The average molecular weight is 161 g/mol. The van der Waals surface area contributed by atoms with Crippen molar-refractivity contribution in [3.63, 3.8) is 0 Å². The zero-order valence-electron chi connectivity index (χ0n) is 7.48. The van der Waals surface area contributed by atoms with Crippen molar-refractivity contribution < 1.29 is 0 Å². The molecule has 0 aromatic rings. The van der Waals surface area contributed by atoms with Crippen molar-refractivity contribution in [2.75, 3.05) is 25.6 Å². The van der Waals surface area contributed by atoms with Crippen LogP contribution in [-0.4, -0.2) is 25.6 Å². The summed E-state index contributed by atoms with van der Waals surface area (Å²) in [6.07, 6.45) is 2.17. The lowest BCUT2D eigenvalue weighted by molar-refractivity contribution is 0.412. The molecule has 0 amide bonds. The van der Waals surface area contributed by atoms with Crippen LogP contribution >= 0.6 is 11.8 Å². The lowest BCUT2D eigenvalue weighted by Gasteiger charge is -2.18. The summed E-state index contributed by atoms with van der Waals surface area (Å²) in [6.45, 7) is 5.73. The van der Waals surface area contributed by atoms with Gasteiger partial charge < -0.3 is 5.32 Å². The predicted octanol–water partition coefficient (Wildman–Crippen LogP) is 1.84. The Morgan fingerprint density at radius 2 is 2.00 bits per heavy atom. The molecule has 0 heterocycles. The highest BCUT2D eigenvalue weighted by Crippen LogP contribution is 2.14. The first-order chi connectivity index (χ1) is 4.72. The molecular weight excluding hydrogens is 142 g/mol. The Bertz CT molecular complexity index is 67.7. The van der Waals surface area contributed by atoms with E-state index >= 15 is 0 Å². The predicted molar refractivity (Wildman–Crippen MR) is 50.6 cm³/mol. The van der Waals surface area contributed by atoms with E-state index in [1.807, 2.05) is 18.8 Å². The fraction of sp³-hybridized carbons (Fsp3) is 1.00. The maximum Gasteiger partial charge on any atom is -0.00132 e. The molecule has 1 nitrogen and oxygen atoms in total. The summed E-state index contributed by atoms with van der Waals surface area (Å²) < 4.78 is 0. The first-order valence-electron chi connectivity index (χ1n) is 3.86. The van der Waals surface area contributed by atoms with Crippen molar-refractivity contribution in [1.82, 2.24) is 5.32 Å². The summed E-state index contributed by atoms with van der Waals surface area (Å²) in [6, 6.07) is 0. The van der Waals surface area contributed by atoms with Gasteiger partial charge in [0, 0.05) is 0 Å². The van der Waals surface area contributed by atoms with E-state index in [0.717, 1.165) is 18.4 Å². The first kappa shape index (κ1) is 10.3. The van der Waals surface area contributed by atoms with Gasteiger partial charge in [0.2, 0.25) is 0 Å². The molecule has 0 spiro atoms. The Morgan fingerprint density at radius 3 is 2.30 bits per heavy atom. The largest absolute Gasteiger partial charge is 0.319 e. The van der Waals surface area contributed by atoms with Crippen LogP contribution in [0.15, 0.2) is 0 Å². The van der Waals surface area contributed by atoms with Crippen molar-refractivity contribution in [1.29, 1.82) is 0 Å². The molecule has 0 saturated heterocycles. The second-order valence-corrected chi connectivity index (χ2v) is 3.93. The molecular formula is C8H19NS. The van der Waals surface area contributed by atoms with Crippen molar-refractivity contribution in [2.24, 2.45) is 11.8 Å². The third kappa shape index (κ3) is 4.18. The summed E-state index contributed by atoms with van der Waals surface area (Å²) in [7, 11) is 2.02. The molecule has 0 aliphatic carbocycles. The number of nitrogens with one attached hydrogen (secondary N) is 1. The van der Waals surface area contributed by atoms with Crippen LogP contribution in [0.5, 0.6) is 0 Å². The van der Waals surface area contributed by atoms with E-state index < -0.39 is 0 Å². The highest BCUT2D eigenvalue weighted by atomic mass is 32.2. The Hall–Kier alpha value is 0.310. The van der Waals surface area contributed by atoms with E-state index in [-0.39, 0.29) is 0 Å². The number of thioether (sulfide) groups is 1. The van der Waals surface area contributed by atoms with Crippen LogP contribution in [0.4, 0.5) is 0 Å². The topological polar surface area (TPSA) is 12.0 Å². The minimum absolute atomic E-state index is 0.805. The van der Waals surface area contributed by atoms with Crippen LogP contribution < -0.4 is 5.32 Å². The molecule has 0 aliphatic rings. The highest BCUT2D eigenvalue weighted by Gasteiger charge is 2.10. The van der Waals surface area contributed by atoms with Crippen LogP contribution in [0.3, 0.4) is 0 Å². The standard InChI is InChI=1S/C8H19NS/c1-7(2)8(5-9-3)6-10-4/h7-9H,5-6H2,1-4H3. The fourth-order valence-electron chi connectivity index (χ4n) is 0.963. The third-order valence-electron chi connectivity index (χ3n) is 1.79. The molecule has 2 heteroatoms. The Balaban J connectivity index is 3.50. The summed E-state index contributed by atoms with van der Waals surface area (Å²) >= 11 is 1.94. The van der Waals surface area contributed by atoms with Gasteiger partial charge in [-0.25, -0.2) is 0 Å². The van der Waals surface area contributed by atoms with Gasteiger partial charge in [0.05, 0.1) is 0 Å². The molecule has 62 valence electrons. The van der Waals surface area contributed by atoms with Crippen LogP contribution in [0.25, 0.3) is 0 Å². The van der Waals surface area contributed by atoms with Crippen LogP contribution in [-0.2, 0) is 0 Å². The molecule has 0 radical (unpaired) electrons. The van der Waals surface area contributed by atoms with Gasteiger partial charge in [-0.05, 0) is 37.4 Å². The maximum absolute atomic E-state index is 3.22. The third-order valence-corrected chi connectivity index (χ3v) is 2.55. The first-order valence-corrected chi connectivity index (χ1v) is 5.25. The van der Waals surface area contributed by atoms with E-state index in [0.29, 0.717) is 0 Å². The van der Waals surface area contributed by atoms with E-state index in [9.17, 15) is 0 Å². The van der Waals surface area contributed by atoms with Gasteiger partial charge in [-0.2, -0.15) is 11.8 Å². The minimum Gasteiger partial charge on any atom is -0.319 e. The molecule has 0 saturated carbocycles. The zero-order valence-corrected chi connectivity index (χ0v) is 8.29. The molecule has 1 atom stereocenters. The second kappa shape index (κ2) is 6.05. The molecule has 0 rings (SSSR count). The SMILES string of the molecule is CNCC(CSC)C(C)C. The molecule has 0 aliphatic heterocycles. The Morgan fingerprint density at radius 1 is 1.40 bits per heavy atom. The monoisotopic (exact) mass is 161 g/mol. The van der Waals surface area contributed by atoms with Gasteiger partial charge in [-0.3, -0.25) is 0 Å². The quantitative estimate of drug-likeness (QED) is 0.660. The summed E-state index contributed by atoms with van der Waals surface area (Å²) in [5.41, 5.74) is 0. The lowest BCUT2D eigenvalue weighted by atomic mass is 9.98. The van der Waals surface area contributed by atoms with Crippen LogP contribution in [0, 0.1) is 11.8 Å². The molecule has 0 bridgehead atoms. The average Bonchev–Trinajstić information content (AvgIpc) is 1.87. The maximum atomic E-state index is 3.22. The van der Waals surface area contributed by atoms with Gasteiger partial charge >= 0.3 is 0 Å². The fourth-order valence-corrected chi connectivity index (χ4v) is 1.89. The van der Waals surface area contributed by atoms with Crippen LogP contribution in [0.1, 0.15) is 13.8 Å². The Kier molecular flexibility index (Phi) is 6.24. The van der Waals surface area contributed by atoms with E-state index in [4.69, 9.17) is 0 Å². The normalized spacial score (nSPS) is 14.1. The number of hydrogen-bond acceptors (Lipinski definition) is 2. The van der Waals surface area contributed by atoms with E-state index in [1.165, 1.54) is 5.75 Å². The molecule has 10 heavy (non-hydrogen) atoms. The van der Waals surface area contributed by atoms with Gasteiger partial charge in [0.1, 0.15) is 0 Å². The zero-order chi connectivity index (χ0) is 7.98. The van der Waals surface area contributed by atoms with Gasteiger partial charge in [-0.1, -0.05) is 13.8 Å². The number of rotatable bonds is 5. The molecule has 1 N–H and O–H groups in total. The molecule has 1 unspecified atom stereocenters. The van der Waals surface area contributed by atoms with E-state index in [2.05, 4.69) is 25.4 Å². The van der Waals surface area contributed by atoms with Crippen molar-refractivity contribution in [2.45, 2.75) is 13.8 Å². The highest BCUT2D eigenvalue weighted by molar-refractivity contribution is 7.98. The van der Waals surface area contributed by atoms with Crippen molar-refractivity contribution in [3.05, 3.63) is 0 Å². The summed E-state index contributed by atoms with van der Waals surface area (Å²) in [5.74, 6) is 2.92. The molecule has 0 aromatic carbocycles. The van der Waals surface area contributed by atoms with Gasteiger partial charge in [-0.15, -0.1) is 0 Å². The Labute approximate surface area is 69.0 Å².